The van der Waals surface area contributed by atoms with E-state index in [-0.39, 0.29) is 23.9 Å². The van der Waals surface area contributed by atoms with Gasteiger partial charge < -0.3 is 19.7 Å². The molecule has 0 bridgehead atoms. The SMILES string of the molecule is CO[C@@H]1CC[C@@H](N(C)C(=O)c2[nH]c3ccc(F)cc3c2C)[C@H]1O. The Balaban J connectivity index is 1.90. The molecule has 1 saturated carbocycles. The first-order chi connectivity index (χ1) is 10.9. The van der Waals surface area contributed by atoms with Crippen LogP contribution in [0.25, 0.3) is 10.9 Å². The summed E-state index contributed by atoms with van der Waals surface area (Å²) < 4.78 is 18.6. The molecule has 1 aliphatic carbocycles. The van der Waals surface area contributed by atoms with Gasteiger partial charge in [0.05, 0.1) is 12.1 Å². The maximum Gasteiger partial charge on any atom is 0.270 e. The lowest BCUT2D eigenvalue weighted by atomic mass is 10.1. The van der Waals surface area contributed by atoms with Gasteiger partial charge in [0.25, 0.3) is 5.91 Å². The highest BCUT2D eigenvalue weighted by Crippen LogP contribution is 2.29. The van der Waals surface area contributed by atoms with Crippen LogP contribution in [0.15, 0.2) is 18.2 Å². The van der Waals surface area contributed by atoms with Crippen LogP contribution in [-0.2, 0) is 4.74 Å². The van der Waals surface area contributed by atoms with Crippen molar-refractivity contribution in [2.24, 2.45) is 0 Å². The standard InChI is InChI=1S/C17H21FN2O3/c1-9-11-8-10(18)4-5-12(11)19-15(9)17(22)20(2)13-6-7-14(23-3)16(13)21/h4-5,8,13-14,16,19,21H,6-7H2,1-3H3/t13-,14-,16-/m1/s1. The van der Waals surface area contributed by atoms with E-state index in [1.807, 2.05) is 0 Å². The third kappa shape index (κ3) is 2.62. The second kappa shape index (κ2) is 5.94. The zero-order valence-electron chi connectivity index (χ0n) is 13.5. The second-order valence-corrected chi connectivity index (χ2v) is 6.14. The number of hydrogen-bond acceptors (Lipinski definition) is 3. The largest absolute Gasteiger partial charge is 0.388 e. The quantitative estimate of drug-likeness (QED) is 0.911. The molecule has 0 radical (unpaired) electrons. The predicted octanol–water partition coefficient (Wildman–Crippen LogP) is 2.23. The normalized spacial score (nSPS) is 24.3. The van der Waals surface area contributed by atoms with E-state index in [0.29, 0.717) is 23.1 Å². The first-order valence-corrected chi connectivity index (χ1v) is 7.70. The zero-order valence-corrected chi connectivity index (χ0v) is 13.5. The molecule has 1 aliphatic rings. The summed E-state index contributed by atoms with van der Waals surface area (Å²) >= 11 is 0. The number of carbonyl (C=O) groups is 1. The van der Waals surface area contributed by atoms with Crippen molar-refractivity contribution in [3.63, 3.8) is 0 Å². The van der Waals surface area contributed by atoms with Gasteiger partial charge in [-0.15, -0.1) is 0 Å². The lowest BCUT2D eigenvalue weighted by Gasteiger charge is -2.28. The Morgan fingerprint density at radius 2 is 2.17 bits per heavy atom. The number of amides is 1. The van der Waals surface area contributed by atoms with Crippen molar-refractivity contribution in [3.8, 4) is 0 Å². The number of rotatable bonds is 3. The third-order valence-electron chi connectivity index (χ3n) is 4.88. The topological polar surface area (TPSA) is 65.6 Å². The maximum absolute atomic E-state index is 13.4. The van der Waals surface area contributed by atoms with Crippen molar-refractivity contribution in [1.82, 2.24) is 9.88 Å². The minimum Gasteiger partial charge on any atom is -0.388 e. The summed E-state index contributed by atoms with van der Waals surface area (Å²) in [7, 11) is 3.24. The van der Waals surface area contributed by atoms with Gasteiger partial charge in [0.15, 0.2) is 0 Å². The number of aromatic amines is 1. The maximum atomic E-state index is 13.4. The van der Waals surface area contributed by atoms with Crippen LogP contribution < -0.4 is 0 Å². The molecule has 2 N–H and O–H groups in total. The van der Waals surface area contributed by atoms with Gasteiger partial charge in [-0.1, -0.05) is 0 Å². The molecule has 1 aromatic heterocycles. The zero-order chi connectivity index (χ0) is 16.7. The van der Waals surface area contributed by atoms with Gasteiger partial charge in [-0.3, -0.25) is 4.79 Å². The Labute approximate surface area is 134 Å². The number of likely N-dealkylation sites (N-methyl/N-ethyl adjacent to an activating group) is 1. The highest BCUT2D eigenvalue weighted by atomic mass is 19.1. The number of aliphatic hydroxyl groups excluding tert-OH is 1. The number of halogens is 1. The van der Waals surface area contributed by atoms with Crippen molar-refractivity contribution < 1.29 is 19.0 Å². The molecule has 1 aromatic carbocycles. The minimum atomic E-state index is -0.698. The summed E-state index contributed by atoms with van der Waals surface area (Å²) in [6.07, 6.45) is 0.469. The van der Waals surface area contributed by atoms with Crippen molar-refractivity contribution in [3.05, 3.63) is 35.3 Å². The smallest absolute Gasteiger partial charge is 0.270 e. The summed E-state index contributed by atoms with van der Waals surface area (Å²) in [5.74, 6) is -0.541. The average Bonchev–Trinajstić information content (AvgIpc) is 3.06. The number of aryl methyl sites for hydroxylation is 1. The number of hydrogen-bond donors (Lipinski definition) is 2. The monoisotopic (exact) mass is 320 g/mol. The number of nitrogens with one attached hydrogen (secondary N) is 1. The van der Waals surface area contributed by atoms with Crippen molar-refractivity contribution in [1.29, 1.82) is 0 Å². The number of H-pyrrole nitrogens is 1. The fourth-order valence-electron chi connectivity index (χ4n) is 3.44. The van der Waals surface area contributed by atoms with Crippen molar-refractivity contribution in [2.45, 2.75) is 38.0 Å². The number of nitrogens with zero attached hydrogens (tertiary/aromatic N) is 1. The number of fused-ring (bicyclic) bond motifs is 1. The number of aliphatic hydroxyl groups is 1. The Hall–Kier alpha value is -1.92. The molecule has 124 valence electrons. The van der Waals surface area contributed by atoms with Gasteiger partial charge in [0.1, 0.15) is 17.6 Å². The Morgan fingerprint density at radius 1 is 1.43 bits per heavy atom. The molecule has 2 aromatic rings. The lowest BCUT2D eigenvalue weighted by molar-refractivity contribution is -0.0156. The highest BCUT2D eigenvalue weighted by Gasteiger charge is 2.39. The summed E-state index contributed by atoms with van der Waals surface area (Å²) in [4.78, 5) is 17.4. The molecule has 1 heterocycles. The molecule has 6 heteroatoms. The lowest BCUT2D eigenvalue weighted by Crippen LogP contribution is -2.44. The highest BCUT2D eigenvalue weighted by molar-refractivity contribution is 6.00. The Kier molecular flexibility index (Phi) is 4.12. The van der Waals surface area contributed by atoms with E-state index < -0.39 is 6.10 Å². The fourth-order valence-corrected chi connectivity index (χ4v) is 3.44. The Morgan fingerprint density at radius 3 is 2.83 bits per heavy atom. The molecule has 3 rings (SSSR count). The molecule has 3 atom stereocenters. The van der Waals surface area contributed by atoms with Crippen LogP contribution in [0, 0.1) is 12.7 Å². The van der Waals surface area contributed by atoms with Crippen molar-refractivity contribution >= 4 is 16.8 Å². The first-order valence-electron chi connectivity index (χ1n) is 7.70. The second-order valence-electron chi connectivity index (χ2n) is 6.14. The van der Waals surface area contributed by atoms with Crippen LogP contribution in [0.3, 0.4) is 0 Å². The molecule has 5 nitrogen and oxygen atoms in total. The minimum absolute atomic E-state index is 0.208. The molecule has 0 spiro atoms. The third-order valence-corrected chi connectivity index (χ3v) is 4.88. The van der Waals surface area contributed by atoms with E-state index in [1.54, 1.807) is 32.0 Å². The number of aromatic nitrogens is 1. The van der Waals surface area contributed by atoms with Gasteiger partial charge in [-0.25, -0.2) is 4.39 Å². The van der Waals surface area contributed by atoms with Crippen LogP contribution in [0.1, 0.15) is 28.9 Å². The number of carbonyl (C=O) groups excluding carboxylic acids is 1. The summed E-state index contributed by atoms with van der Waals surface area (Å²) in [6.45, 7) is 1.79. The van der Waals surface area contributed by atoms with Gasteiger partial charge in [-0.05, 0) is 43.5 Å². The van der Waals surface area contributed by atoms with E-state index in [1.165, 1.54) is 12.1 Å². The molecule has 1 fully saturated rings. The van der Waals surface area contributed by atoms with Crippen LogP contribution in [0.2, 0.25) is 0 Å². The average molecular weight is 320 g/mol. The molecule has 0 aliphatic heterocycles. The van der Waals surface area contributed by atoms with Crippen molar-refractivity contribution in [2.75, 3.05) is 14.2 Å². The predicted molar refractivity (Wildman–Crippen MR) is 84.9 cm³/mol. The van der Waals surface area contributed by atoms with Crippen LogP contribution in [0.5, 0.6) is 0 Å². The van der Waals surface area contributed by atoms with Crippen LogP contribution in [-0.4, -0.2) is 53.3 Å². The molecule has 1 amide bonds. The number of ether oxygens (including phenoxy) is 1. The summed E-state index contributed by atoms with van der Waals surface area (Å²) in [6, 6.07) is 4.12. The summed E-state index contributed by atoms with van der Waals surface area (Å²) in [5.41, 5.74) is 1.87. The van der Waals surface area contributed by atoms with E-state index >= 15 is 0 Å². The fraction of sp³-hybridized carbons (Fsp3) is 0.471. The molecular formula is C17H21FN2O3. The molecular weight excluding hydrogens is 299 g/mol. The van der Waals surface area contributed by atoms with Gasteiger partial charge in [-0.2, -0.15) is 0 Å². The van der Waals surface area contributed by atoms with Crippen LogP contribution >= 0.6 is 0 Å². The van der Waals surface area contributed by atoms with E-state index in [9.17, 15) is 14.3 Å². The van der Waals surface area contributed by atoms with E-state index in [0.717, 1.165) is 11.9 Å². The van der Waals surface area contributed by atoms with Gasteiger partial charge >= 0.3 is 0 Å². The van der Waals surface area contributed by atoms with Gasteiger partial charge in [0, 0.05) is 25.1 Å². The number of methoxy groups -OCH3 is 1. The van der Waals surface area contributed by atoms with Gasteiger partial charge in [0.2, 0.25) is 0 Å². The summed E-state index contributed by atoms with van der Waals surface area (Å²) in [5, 5.41) is 11.0. The Bertz CT molecular complexity index is 743. The number of benzene rings is 1. The first kappa shape index (κ1) is 16.0. The van der Waals surface area contributed by atoms with Crippen LogP contribution in [0.4, 0.5) is 4.39 Å². The van der Waals surface area contributed by atoms with E-state index in [4.69, 9.17) is 4.74 Å². The molecule has 0 unspecified atom stereocenters. The molecule has 0 saturated heterocycles. The van der Waals surface area contributed by atoms with E-state index in [2.05, 4.69) is 4.98 Å². The molecule has 23 heavy (non-hydrogen) atoms.